The van der Waals surface area contributed by atoms with E-state index in [9.17, 15) is 20.1 Å². The van der Waals surface area contributed by atoms with Gasteiger partial charge >= 0.3 is 0 Å². The van der Waals surface area contributed by atoms with E-state index in [0.717, 1.165) is 10.9 Å². The molecule has 0 unspecified atom stereocenters. The van der Waals surface area contributed by atoms with Crippen molar-refractivity contribution in [2.24, 2.45) is 0 Å². The van der Waals surface area contributed by atoms with Crippen molar-refractivity contribution in [1.82, 2.24) is 9.88 Å². The van der Waals surface area contributed by atoms with Gasteiger partial charge in [-0.05, 0) is 17.5 Å². The highest BCUT2D eigenvalue weighted by molar-refractivity contribution is 5.80. The molecule has 9 heteroatoms. The van der Waals surface area contributed by atoms with Gasteiger partial charge in [0, 0.05) is 31.2 Å². The molecule has 28 heavy (non-hydrogen) atoms. The Kier molecular flexibility index (Phi) is 7.00. The zero-order chi connectivity index (χ0) is 20.1. The largest absolute Gasteiger partial charge is 0.394 e. The molecule has 3 rings (SSSR count). The zero-order valence-electron chi connectivity index (χ0n) is 15.3. The highest BCUT2D eigenvalue weighted by Gasteiger charge is 2.43. The maximum absolute atomic E-state index is 12.0. The number of amides is 1. The maximum Gasteiger partial charge on any atom is 0.221 e. The molecule has 0 aliphatic carbocycles. The number of aliphatic hydroxyl groups is 4. The summed E-state index contributed by atoms with van der Waals surface area (Å²) in [6, 6.07) is 9.94. The number of benzene rings is 1. The van der Waals surface area contributed by atoms with E-state index in [-0.39, 0.29) is 19.1 Å². The smallest absolute Gasteiger partial charge is 0.221 e. The molecule has 5 atom stereocenters. The van der Waals surface area contributed by atoms with Gasteiger partial charge in [-0.3, -0.25) is 4.79 Å². The van der Waals surface area contributed by atoms with E-state index in [4.69, 9.17) is 14.6 Å². The van der Waals surface area contributed by atoms with E-state index >= 15 is 0 Å². The summed E-state index contributed by atoms with van der Waals surface area (Å²) < 4.78 is 12.6. The molecule has 1 amide bonds. The number of hydrogen-bond donors (Lipinski definition) is 5. The van der Waals surface area contributed by atoms with E-state index in [1.165, 1.54) is 0 Å². The minimum absolute atomic E-state index is 0.0425. The third-order valence-electron chi connectivity index (χ3n) is 4.81. The number of carbonyl (C=O) groups excluding carboxylic acids is 1. The molecule has 0 spiro atoms. The van der Waals surface area contributed by atoms with Crippen molar-refractivity contribution < 1.29 is 34.7 Å². The van der Waals surface area contributed by atoms with Crippen molar-refractivity contribution in [3.05, 3.63) is 36.5 Å². The minimum Gasteiger partial charge on any atom is -0.394 e. The van der Waals surface area contributed by atoms with Crippen LogP contribution in [0, 0.1) is 0 Å². The van der Waals surface area contributed by atoms with Crippen LogP contribution < -0.4 is 5.32 Å². The number of fused-ring (bicyclic) bond motifs is 1. The predicted molar refractivity (Wildman–Crippen MR) is 99.3 cm³/mol. The average molecular weight is 394 g/mol. The van der Waals surface area contributed by atoms with Crippen molar-refractivity contribution in [1.29, 1.82) is 0 Å². The highest BCUT2D eigenvalue weighted by atomic mass is 16.7. The van der Waals surface area contributed by atoms with Gasteiger partial charge in [-0.2, -0.15) is 0 Å². The summed E-state index contributed by atoms with van der Waals surface area (Å²) in [5.74, 6) is -0.143. The number of aryl methyl sites for hydroxylation is 1. The fourth-order valence-corrected chi connectivity index (χ4v) is 3.22. The first-order chi connectivity index (χ1) is 13.5. The van der Waals surface area contributed by atoms with Gasteiger partial charge in [0.05, 0.1) is 13.2 Å². The van der Waals surface area contributed by atoms with Crippen LogP contribution in [0.5, 0.6) is 0 Å². The molecule has 1 aromatic heterocycles. The van der Waals surface area contributed by atoms with Gasteiger partial charge in [0.2, 0.25) is 5.91 Å². The van der Waals surface area contributed by atoms with E-state index in [1.54, 1.807) is 0 Å². The van der Waals surface area contributed by atoms with Crippen LogP contribution in [0.4, 0.5) is 0 Å². The molecule has 0 bridgehead atoms. The molecule has 9 nitrogen and oxygen atoms in total. The van der Waals surface area contributed by atoms with Gasteiger partial charge in [0.15, 0.2) is 6.29 Å². The molecule has 5 N–H and O–H groups in total. The lowest BCUT2D eigenvalue weighted by atomic mass is 9.99. The molecule has 1 aliphatic heterocycles. The van der Waals surface area contributed by atoms with Gasteiger partial charge in [0.25, 0.3) is 0 Å². The van der Waals surface area contributed by atoms with Crippen molar-refractivity contribution in [3.63, 3.8) is 0 Å². The summed E-state index contributed by atoms with van der Waals surface area (Å²) in [4.78, 5) is 12.0. The Morgan fingerprint density at radius 2 is 1.93 bits per heavy atom. The average Bonchev–Trinajstić information content (AvgIpc) is 3.12. The van der Waals surface area contributed by atoms with Gasteiger partial charge in [-0.25, -0.2) is 0 Å². The summed E-state index contributed by atoms with van der Waals surface area (Å²) >= 11 is 0. The van der Waals surface area contributed by atoms with Crippen molar-refractivity contribution in [2.45, 2.75) is 43.7 Å². The minimum atomic E-state index is -1.48. The number of aromatic nitrogens is 1. The number of aliphatic hydroxyl groups excluding tert-OH is 4. The van der Waals surface area contributed by atoms with Gasteiger partial charge in [-0.1, -0.05) is 18.2 Å². The third-order valence-corrected chi connectivity index (χ3v) is 4.81. The molecular formula is C19H26N2O7. The van der Waals surface area contributed by atoms with E-state index in [0.29, 0.717) is 13.0 Å². The van der Waals surface area contributed by atoms with Crippen LogP contribution in [0.3, 0.4) is 0 Å². The molecule has 1 fully saturated rings. The van der Waals surface area contributed by atoms with E-state index in [1.807, 2.05) is 41.1 Å². The Labute approximate surface area is 162 Å². The number of nitrogens with one attached hydrogen (secondary N) is 1. The number of ether oxygens (including phenoxy) is 2. The van der Waals surface area contributed by atoms with Crippen LogP contribution >= 0.6 is 0 Å². The molecule has 0 saturated carbocycles. The first-order valence-corrected chi connectivity index (χ1v) is 9.24. The second kappa shape index (κ2) is 9.46. The standard InChI is InChI=1S/C19H26N2O7/c22-11-14-16(24)17(25)18(26)19(28-14)27-10-7-20-15(23)6-9-21-8-5-12-3-1-2-4-13(12)21/h1-5,8,14,16-19,22,24-26H,6-7,9-11H2,(H,20,23)/t14-,16+,17+,18-,19+/m1/s1. The number of rotatable bonds is 8. The van der Waals surface area contributed by atoms with E-state index in [2.05, 4.69) is 5.32 Å². The number of nitrogens with zero attached hydrogens (tertiary/aromatic N) is 1. The topological polar surface area (TPSA) is 133 Å². The fraction of sp³-hybridized carbons (Fsp3) is 0.526. The lowest BCUT2D eigenvalue weighted by molar-refractivity contribution is -0.300. The molecule has 2 heterocycles. The molecule has 0 radical (unpaired) electrons. The van der Waals surface area contributed by atoms with Gasteiger partial charge in [-0.15, -0.1) is 0 Å². The monoisotopic (exact) mass is 394 g/mol. The predicted octanol–water partition coefficient (Wildman–Crippen LogP) is -1.04. The third kappa shape index (κ3) is 4.69. The summed E-state index contributed by atoms with van der Waals surface area (Å²) in [7, 11) is 0. The van der Waals surface area contributed by atoms with Crippen LogP contribution in [0.25, 0.3) is 10.9 Å². The Morgan fingerprint density at radius 3 is 2.71 bits per heavy atom. The molecule has 2 aromatic rings. The quantitative estimate of drug-likeness (QED) is 0.361. The number of hydrogen-bond acceptors (Lipinski definition) is 7. The summed E-state index contributed by atoms with van der Waals surface area (Å²) in [6.45, 7) is 0.268. The highest BCUT2D eigenvalue weighted by Crippen LogP contribution is 2.21. The van der Waals surface area contributed by atoms with Crippen molar-refractivity contribution in [2.75, 3.05) is 19.8 Å². The lowest BCUT2D eigenvalue weighted by Crippen LogP contribution is -2.59. The van der Waals surface area contributed by atoms with Crippen LogP contribution in [0.2, 0.25) is 0 Å². The summed E-state index contributed by atoms with van der Waals surface area (Å²) in [5.41, 5.74) is 1.07. The second-order valence-electron chi connectivity index (χ2n) is 6.74. The molecule has 1 aromatic carbocycles. The van der Waals surface area contributed by atoms with Crippen LogP contribution in [-0.4, -0.2) is 81.4 Å². The first kappa shape index (κ1) is 20.7. The first-order valence-electron chi connectivity index (χ1n) is 9.24. The Hall–Kier alpha value is -2.01. The Balaban J connectivity index is 1.38. The molecular weight excluding hydrogens is 368 g/mol. The fourth-order valence-electron chi connectivity index (χ4n) is 3.22. The normalized spacial score (nSPS) is 27.8. The van der Waals surface area contributed by atoms with Crippen LogP contribution in [-0.2, 0) is 20.8 Å². The van der Waals surface area contributed by atoms with Crippen LogP contribution in [0.1, 0.15) is 6.42 Å². The maximum atomic E-state index is 12.0. The SMILES string of the molecule is O=C(CCn1ccc2ccccc21)NCCO[C@H]1O[C@H](CO)[C@H](O)[C@H](O)[C@H]1O. The molecule has 154 valence electrons. The second-order valence-corrected chi connectivity index (χ2v) is 6.74. The number of carbonyl (C=O) groups is 1. The molecule has 1 saturated heterocycles. The van der Waals surface area contributed by atoms with Crippen molar-refractivity contribution >= 4 is 16.8 Å². The lowest BCUT2D eigenvalue weighted by Gasteiger charge is -2.39. The Morgan fingerprint density at radius 1 is 1.14 bits per heavy atom. The van der Waals surface area contributed by atoms with Gasteiger partial charge in [0.1, 0.15) is 24.4 Å². The molecule has 1 aliphatic rings. The van der Waals surface area contributed by atoms with Gasteiger partial charge < -0.3 is 39.8 Å². The zero-order valence-corrected chi connectivity index (χ0v) is 15.3. The van der Waals surface area contributed by atoms with Crippen LogP contribution in [0.15, 0.2) is 36.5 Å². The number of para-hydroxylation sites is 1. The summed E-state index contributed by atoms with van der Waals surface area (Å²) in [6.07, 6.45) is -4.33. The van der Waals surface area contributed by atoms with Crippen molar-refractivity contribution in [3.8, 4) is 0 Å². The summed E-state index contributed by atoms with van der Waals surface area (Å²) in [5, 5.41) is 42.3. The van der Waals surface area contributed by atoms with E-state index < -0.39 is 37.3 Å². The Bertz CT molecular complexity index is 778.